The number of hydrogen-bond acceptors (Lipinski definition) is 5. The van der Waals surface area contributed by atoms with Gasteiger partial charge in [0.05, 0.1) is 25.0 Å². The number of benzene rings is 2. The van der Waals surface area contributed by atoms with Crippen molar-refractivity contribution in [2.75, 3.05) is 12.0 Å². The van der Waals surface area contributed by atoms with Gasteiger partial charge in [-0.2, -0.15) is 0 Å². The molecule has 1 aromatic heterocycles. The number of aliphatic hydroxyl groups is 1. The minimum atomic E-state index is -0.864. The van der Waals surface area contributed by atoms with E-state index in [-0.39, 0.29) is 11.3 Å². The van der Waals surface area contributed by atoms with Crippen LogP contribution in [-0.2, 0) is 4.79 Å². The molecule has 0 bridgehead atoms. The van der Waals surface area contributed by atoms with E-state index >= 15 is 0 Å². The van der Waals surface area contributed by atoms with Crippen molar-refractivity contribution in [2.24, 2.45) is 0 Å². The molecule has 1 unspecified atom stereocenters. The zero-order chi connectivity index (χ0) is 20.5. The Labute approximate surface area is 167 Å². The van der Waals surface area contributed by atoms with Gasteiger partial charge in [0.15, 0.2) is 11.5 Å². The van der Waals surface area contributed by atoms with Gasteiger partial charge < -0.3 is 14.3 Å². The third-order valence-corrected chi connectivity index (χ3v) is 5.01. The first kappa shape index (κ1) is 18.6. The van der Waals surface area contributed by atoms with Gasteiger partial charge >= 0.3 is 0 Å². The summed E-state index contributed by atoms with van der Waals surface area (Å²) in [5, 5.41) is 10.7. The molecule has 0 saturated heterocycles. The summed E-state index contributed by atoms with van der Waals surface area (Å²) in [5.41, 5.74) is 1.98. The number of aryl methyl sites for hydroxylation is 1. The highest BCUT2D eigenvalue weighted by atomic mass is 16.5. The second kappa shape index (κ2) is 7.31. The average Bonchev–Trinajstić information content (AvgIpc) is 3.36. The number of ether oxygens (including phenoxy) is 1. The van der Waals surface area contributed by atoms with E-state index in [2.05, 4.69) is 0 Å². The highest BCUT2D eigenvalue weighted by Gasteiger charge is 2.46. The summed E-state index contributed by atoms with van der Waals surface area (Å²) < 4.78 is 10.7. The summed E-state index contributed by atoms with van der Waals surface area (Å²) in [4.78, 5) is 27.7. The zero-order valence-electron chi connectivity index (χ0n) is 16.0. The minimum Gasteiger partial charge on any atom is -0.503 e. The molecular formula is C23H19NO5. The number of amides is 1. The average molecular weight is 389 g/mol. The molecule has 0 radical (unpaired) electrons. The monoisotopic (exact) mass is 389 g/mol. The molecule has 1 aliphatic rings. The van der Waals surface area contributed by atoms with Crippen LogP contribution in [0.15, 0.2) is 82.7 Å². The maximum absolute atomic E-state index is 13.2. The number of carbonyl (C=O) groups excluding carboxylic acids is 2. The summed E-state index contributed by atoms with van der Waals surface area (Å²) in [6.07, 6.45) is 1.37. The maximum Gasteiger partial charge on any atom is 0.294 e. The Balaban J connectivity index is 1.95. The quantitative estimate of drug-likeness (QED) is 0.655. The van der Waals surface area contributed by atoms with E-state index < -0.39 is 23.5 Å². The van der Waals surface area contributed by atoms with Gasteiger partial charge in [-0.25, -0.2) is 0 Å². The normalized spacial score (nSPS) is 16.4. The van der Waals surface area contributed by atoms with Crippen molar-refractivity contribution in [3.8, 4) is 5.75 Å². The van der Waals surface area contributed by atoms with E-state index in [1.165, 1.54) is 24.3 Å². The van der Waals surface area contributed by atoms with Crippen molar-refractivity contribution in [1.82, 2.24) is 0 Å². The zero-order valence-corrected chi connectivity index (χ0v) is 16.0. The molecular weight excluding hydrogens is 370 g/mol. The fourth-order valence-electron chi connectivity index (χ4n) is 3.65. The predicted octanol–water partition coefficient (Wildman–Crippen LogP) is 4.38. The predicted molar refractivity (Wildman–Crippen MR) is 107 cm³/mol. The van der Waals surface area contributed by atoms with Gasteiger partial charge in [0, 0.05) is 11.3 Å². The summed E-state index contributed by atoms with van der Waals surface area (Å²) in [7, 11) is 1.52. The molecule has 3 aromatic rings. The SMILES string of the molecule is COc1ccccc1C1C(C(=O)c2ccco2)=C(O)C(=O)N1c1ccccc1C. The number of hydrogen-bond donors (Lipinski definition) is 1. The van der Waals surface area contributed by atoms with Crippen LogP contribution in [0.2, 0.25) is 0 Å². The molecule has 0 spiro atoms. The van der Waals surface area contributed by atoms with Crippen LogP contribution in [0.1, 0.15) is 27.7 Å². The molecule has 29 heavy (non-hydrogen) atoms. The number of furan rings is 1. The highest BCUT2D eigenvalue weighted by Crippen LogP contribution is 2.45. The van der Waals surface area contributed by atoms with E-state index in [1.54, 1.807) is 42.5 Å². The van der Waals surface area contributed by atoms with E-state index in [9.17, 15) is 14.7 Å². The molecule has 1 atom stereocenters. The van der Waals surface area contributed by atoms with E-state index in [1.807, 2.05) is 19.1 Å². The number of Topliss-reactive ketones (excluding diaryl/α,β-unsaturated/α-hetero) is 1. The largest absolute Gasteiger partial charge is 0.503 e. The van der Waals surface area contributed by atoms with Gasteiger partial charge in [-0.3, -0.25) is 14.5 Å². The molecule has 2 aromatic carbocycles. The van der Waals surface area contributed by atoms with Crippen LogP contribution in [0.3, 0.4) is 0 Å². The summed E-state index contributed by atoms with van der Waals surface area (Å²) in [6, 6.07) is 16.7. The van der Waals surface area contributed by atoms with Gasteiger partial charge in [-0.15, -0.1) is 0 Å². The van der Waals surface area contributed by atoms with Crippen molar-refractivity contribution in [3.05, 3.63) is 95.1 Å². The topological polar surface area (TPSA) is 80.0 Å². The Hall–Kier alpha value is -3.80. The minimum absolute atomic E-state index is 0.0438. The maximum atomic E-state index is 13.2. The van der Waals surface area contributed by atoms with Gasteiger partial charge in [-0.05, 0) is 36.8 Å². The van der Waals surface area contributed by atoms with Gasteiger partial charge in [0.2, 0.25) is 5.78 Å². The second-order valence-corrected chi connectivity index (χ2v) is 6.67. The van der Waals surface area contributed by atoms with Crippen LogP contribution in [-0.4, -0.2) is 23.9 Å². The molecule has 4 rings (SSSR count). The molecule has 0 fully saturated rings. The van der Waals surface area contributed by atoms with Crippen molar-refractivity contribution in [3.63, 3.8) is 0 Å². The number of anilines is 1. The Bertz CT molecular complexity index is 1110. The Morgan fingerprint density at radius 1 is 1.07 bits per heavy atom. The standard InChI is InChI=1S/C23H19NO5/c1-14-8-3-5-10-16(14)24-20(15-9-4-6-11-17(15)28-2)19(22(26)23(24)27)21(25)18-12-7-13-29-18/h3-13,20,26H,1-2H3. The molecule has 146 valence electrons. The number of carbonyl (C=O) groups is 2. The van der Waals surface area contributed by atoms with Crippen LogP contribution in [0.4, 0.5) is 5.69 Å². The molecule has 1 aliphatic heterocycles. The second-order valence-electron chi connectivity index (χ2n) is 6.67. The molecule has 0 saturated carbocycles. The Morgan fingerprint density at radius 2 is 1.79 bits per heavy atom. The first-order valence-electron chi connectivity index (χ1n) is 9.08. The number of nitrogens with zero attached hydrogens (tertiary/aromatic N) is 1. The third-order valence-electron chi connectivity index (χ3n) is 5.01. The number of aliphatic hydroxyl groups excluding tert-OH is 1. The number of methoxy groups -OCH3 is 1. The number of para-hydroxylation sites is 2. The van der Waals surface area contributed by atoms with Crippen molar-refractivity contribution >= 4 is 17.4 Å². The van der Waals surface area contributed by atoms with E-state index in [0.717, 1.165) is 5.56 Å². The summed E-state index contributed by atoms with van der Waals surface area (Å²) in [5.74, 6) is -1.24. The molecule has 0 aliphatic carbocycles. The molecule has 2 heterocycles. The van der Waals surface area contributed by atoms with Crippen LogP contribution < -0.4 is 9.64 Å². The lowest BCUT2D eigenvalue weighted by Crippen LogP contribution is -2.31. The molecule has 6 heteroatoms. The van der Waals surface area contributed by atoms with Crippen molar-refractivity contribution in [1.29, 1.82) is 0 Å². The van der Waals surface area contributed by atoms with Gasteiger partial charge in [-0.1, -0.05) is 36.4 Å². The van der Waals surface area contributed by atoms with Crippen LogP contribution in [0, 0.1) is 6.92 Å². The Morgan fingerprint density at radius 3 is 2.48 bits per heavy atom. The summed E-state index contributed by atoms with van der Waals surface area (Å²) >= 11 is 0. The van der Waals surface area contributed by atoms with Crippen LogP contribution >= 0.6 is 0 Å². The first-order valence-corrected chi connectivity index (χ1v) is 9.08. The smallest absolute Gasteiger partial charge is 0.294 e. The first-order chi connectivity index (χ1) is 14.0. The molecule has 6 nitrogen and oxygen atoms in total. The third kappa shape index (κ3) is 2.99. The summed E-state index contributed by atoms with van der Waals surface area (Å²) in [6.45, 7) is 1.87. The van der Waals surface area contributed by atoms with E-state index in [0.29, 0.717) is 17.0 Å². The fraction of sp³-hybridized carbons (Fsp3) is 0.130. The lowest BCUT2D eigenvalue weighted by molar-refractivity contribution is -0.117. The van der Waals surface area contributed by atoms with Crippen molar-refractivity contribution in [2.45, 2.75) is 13.0 Å². The number of rotatable bonds is 5. The lowest BCUT2D eigenvalue weighted by atomic mass is 9.94. The van der Waals surface area contributed by atoms with Crippen LogP contribution in [0.5, 0.6) is 5.75 Å². The fourth-order valence-corrected chi connectivity index (χ4v) is 3.65. The lowest BCUT2D eigenvalue weighted by Gasteiger charge is -2.29. The number of ketones is 1. The van der Waals surface area contributed by atoms with Crippen LogP contribution in [0.25, 0.3) is 0 Å². The van der Waals surface area contributed by atoms with Gasteiger partial charge in [0.1, 0.15) is 5.75 Å². The molecule has 1 N–H and O–H groups in total. The van der Waals surface area contributed by atoms with E-state index in [4.69, 9.17) is 9.15 Å². The Kier molecular flexibility index (Phi) is 4.68. The highest BCUT2D eigenvalue weighted by molar-refractivity contribution is 6.20. The van der Waals surface area contributed by atoms with Crippen molar-refractivity contribution < 1.29 is 23.8 Å². The molecule has 1 amide bonds. The van der Waals surface area contributed by atoms with Gasteiger partial charge in [0.25, 0.3) is 5.91 Å².